The summed E-state index contributed by atoms with van der Waals surface area (Å²) in [6, 6.07) is 3.94. The highest BCUT2D eigenvalue weighted by Gasteiger charge is 2.28. The highest BCUT2D eigenvalue weighted by atomic mass is 16.5. The van der Waals surface area contributed by atoms with Crippen molar-refractivity contribution in [1.29, 1.82) is 0 Å². The molecule has 1 amide bonds. The summed E-state index contributed by atoms with van der Waals surface area (Å²) >= 11 is 0. The van der Waals surface area contributed by atoms with Crippen LogP contribution in [0.1, 0.15) is 32.8 Å². The van der Waals surface area contributed by atoms with Gasteiger partial charge >= 0.3 is 0 Å². The van der Waals surface area contributed by atoms with Crippen molar-refractivity contribution >= 4 is 5.91 Å². The van der Waals surface area contributed by atoms with Crippen LogP contribution in [0.15, 0.2) is 24.5 Å². The maximum absolute atomic E-state index is 12.5. The van der Waals surface area contributed by atoms with Crippen molar-refractivity contribution in [3.05, 3.63) is 30.1 Å². The van der Waals surface area contributed by atoms with Crippen LogP contribution in [0.25, 0.3) is 0 Å². The number of aromatic nitrogens is 1. The molecule has 1 aromatic heterocycles. The lowest BCUT2D eigenvalue weighted by atomic mass is 10.2. The Morgan fingerprint density at radius 3 is 2.70 bits per heavy atom. The Balaban J connectivity index is 2.00. The van der Waals surface area contributed by atoms with Gasteiger partial charge in [0.25, 0.3) is 0 Å². The third kappa shape index (κ3) is 5.92. The Kier molecular flexibility index (Phi) is 6.99. The predicted molar refractivity (Wildman–Crippen MR) is 91.0 cm³/mol. The minimum atomic E-state index is 0.0555. The maximum Gasteiger partial charge on any atom is 0.236 e. The summed E-state index contributed by atoms with van der Waals surface area (Å²) in [4.78, 5) is 20.7. The van der Waals surface area contributed by atoms with Gasteiger partial charge in [-0.25, -0.2) is 0 Å². The second-order valence-corrected chi connectivity index (χ2v) is 6.72. The quantitative estimate of drug-likeness (QED) is 0.773. The third-order valence-electron chi connectivity index (χ3n) is 3.96. The van der Waals surface area contributed by atoms with Crippen molar-refractivity contribution in [2.24, 2.45) is 5.92 Å². The molecule has 128 valence electrons. The van der Waals surface area contributed by atoms with Gasteiger partial charge in [-0.3, -0.25) is 14.7 Å². The first-order chi connectivity index (χ1) is 11.1. The molecule has 0 aliphatic carbocycles. The molecule has 0 aromatic carbocycles. The van der Waals surface area contributed by atoms with Crippen LogP contribution in [0.3, 0.4) is 0 Å². The molecule has 1 unspecified atom stereocenters. The first-order valence-corrected chi connectivity index (χ1v) is 8.59. The molecule has 5 heteroatoms. The lowest BCUT2D eigenvalue weighted by molar-refractivity contribution is -0.132. The lowest BCUT2D eigenvalue weighted by Gasteiger charge is -2.26. The number of rotatable bonds is 7. The normalized spacial score (nSPS) is 20.1. The fourth-order valence-corrected chi connectivity index (χ4v) is 2.95. The Morgan fingerprint density at radius 1 is 1.30 bits per heavy atom. The smallest absolute Gasteiger partial charge is 0.236 e. The van der Waals surface area contributed by atoms with Gasteiger partial charge in [0.1, 0.15) is 0 Å². The van der Waals surface area contributed by atoms with E-state index in [4.69, 9.17) is 4.74 Å². The van der Waals surface area contributed by atoms with E-state index < -0.39 is 0 Å². The monoisotopic (exact) mass is 319 g/mol. The summed E-state index contributed by atoms with van der Waals surface area (Å²) in [5, 5.41) is 0. The van der Waals surface area contributed by atoms with Gasteiger partial charge in [-0.05, 0) is 36.6 Å². The third-order valence-corrected chi connectivity index (χ3v) is 3.96. The fraction of sp³-hybridized carbons (Fsp3) is 0.667. The molecule has 23 heavy (non-hydrogen) atoms. The van der Waals surface area contributed by atoms with Crippen molar-refractivity contribution in [3.8, 4) is 0 Å². The lowest BCUT2D eigenvalue weighted by Crippen LogP contribution is -2.40. The fourth-order valence-electron chi connectivity index (χ4n) is 2.95. The number of nitrogens with zero attached hydrogens (tertiary/aromatic N) is 3. The second kappa shape index (κ2) is 8.99. The maximum atomic E-state index is 12.5. The summed E-state index contributed by atoms with van der Waals surface area (Å²) < 4.78 is 6.12. The molecule has 2 heterocycles. The highest BCUT2D eigenvalue weighted by Crippen LogP contribution is 2.13. The van der Waals surface area contributed by atoms with E-state index in [1.54, 1.807) is 12.4 Å². The number of pyridine rings is 1. The molecule has 1 fully saturated rings. The SMILES string of the molecule is CCCN1CC(=O)N(CC(C)C)CC(OCc2ccncc2)C1. The molecule has 1 aliphatic rings. The van der Waals surface area contributed by atoms with E-state index in [-0.39, 0.29) is 12.0 Å². The molecule has 0 saturated carbocycles. The number of ether oxygens (including phenoxy) is 1. The van der Waals surface area contributed by atoms with Gasteiger partial charge in [-0.1, -0.05) is 20.8 Å². The Hall–Kier alpha value is -1.46. The largest absolute Gasteiger partial charge is 0.370 e. The molecule has 0 radical (unpaired) electrons. The molecular formula is C18H29N3O2. The topological polar surface area (TPSA) is 45.7 Å². The Bertz CT molecular complexity index is 478. The van der Waals surface area contributed by atoms with Crippen LogP contribution >= 0.6 is 0 Å². The average Bonchev–Trinajstić information content (AvgIpc) is 2.66. The highest BCUT2D eigenvalue weighted by molar-refractivity contribution is 5.78. The number of carbonyl (C=O) groups excluding carboxylic acids is 1. The van der Waals surface area contributed by atoms with Crippen molar-refractivity contribution in [2.45, 2.75) is 39.9 Å². The van der Waals surface area contributed by atoms with Gasteiger partial charge in [0.15, 0.2) is 0 Å². The molecule has 0 N–H and O–H groups in total. The first-order valence-electron chi connectivity index (χ1n) is 8.59. The van der Waals surface area contributed by atoms with E-state index in [9.17, 15) is 4.79 Å². The van der Waals surface area contributed by atoms with Gasteiger partial charge in [0.2, 0.25) is 5.91 Å². The molecule has 0 bridgehead atoms. The molecule has 1 aromatic rings. The summed E-state index contributed by atoms with van der Waals surface area (Å²) in [6.07, 6.45) is 4.67. The summed E-state index contributed by atoms with van der Waals surface area (Å²) in [5.41, 5.74) is 1.12. The zero-order valence-electron chi connectivity index (χ0n) is 14.6. The van der Waals surface area contributed by atoms with Crippen LogP contribution in [-0.2, 0) is 16.1 Å². The molecule has 1 aliphatic heterocycles. The molecule has 5 nitrogen and oxygen atoms in total. The van der Waals surface area contributed by atoms with Crippen LogP contribution in [0, 0.1) is 5.92 Å². The number of amides is 1. The van der Waals surface area contributed by atoms with E-state index in [1.807, 2.05) is 17.0 Å². The zero-order valence-corrected chi connectivity index (χ0v) is 14.6. The van der Waals surface area contributed by atoms with Crippen LogP contribution in [-0.4, -0.2) is 59.5 Å². The van der Waals surface area contributed by atoms with E-state index in [0.717, 1.165) is 31.6 Å². The van der Waals surface area contributed by atoms with Crippen LogP contribution in [0.2, 0.25) is 0 Å². The van der Waals surface area contributed by atoms with Crippen molar-refractivity contribution < 1.29 is 9.53 Å². The first kappa shape index (κ1) is 17.9. The molecule has 1 atom stereocenters. The molecule has 2 rings (SSSR count). The number of hydrogen-bond donors (Lipinski definition) is 0. The Morgan fingerprint density at radius 2 is 2.04 bits per heavy atom. The van der Waals surface area contributed by atoms with E-state index in [1.165, 1.54) is 0 Å². The number of hydrogen-bond acceptors (Lipinski definition) is 4. The van der Waals surface area contributed by atoms with Crippen LogP contribution < -0.4 is 0 Å². The van der Waals surface area contributed by atoms with E-state index in [0.29, 0.717) is 25.6 Å². The minimum absolute atomic E-state index is 0.0555. The van der Waals surface area contributed by atoms with Gasteiger partial charge < -0.3 is 9.64 Å². The van der Waals surface area contributed by atoms with Gasteiger partial charge in [-0.15, -0.1) is 0 Å². The molecule has 1 saturated heterocycles. The summed E-state index contributed by atoms with van der Waals surface area (Å²) in [6.45, 7) is 10.8. The van der Waals surface area contributed by atoms with Gasteiger partial charge in [-0.2, -0.15) is 0 Å². The van der Waals surface area contributed by atoms with Gasteiger partial charge in [0, 0.05) is 32.0 Å². The van der Waals surface area contributed by atoms with E-state index in [2.05, 4.69) is 30.7 Å². The molecular weight excluding hydrogens is 290 g/mol. The standard InChI is InChI=1S/C18H29N3O2/c1-4-9-20-11-17(23-14-16-5-7-19-8-6-16)12-21(10-15(2)3)18(22)13-20/h5-8,15,17H,4,9-14H2,1-3H3. The summed E-state index contributed by atoms with van der Waals surface area (Å²) in [7, 11) is 0. The number of carbonyl (C=O) groups is 1. The minimum Gasteiger partial charge on any atom is -0.370 e. The van der Waals surface area contributed by atoms with Crippen LogP contribution in [0.5, 0.6) is 0 Å². The van der Waals surface area contributed by atoms with E-state index >= 15 is 0 Å². The van der Waals surface area contributed by atoms with Crippen LogP contribution in [0.4, 0.5) is 0 Å². The molecule has 0 spiro atoms. The predicted octanol–water partition coefficient (Wildman–Crippen LogP) is 2.18. The van der Waals surface area contributed by atoms with Crippen molar-refractivity contribution in [3.63, 3.8) is 0 Å². The Labute approximate surface area is 139 Å². The summed E-state index contributed by atoms with van der Waals surface area (Å²) in [5.74, 6) is 0.694. The van der Waals surface area contributed by atoms with Crippen molar-refractivity contribution in [1.82, 2.24) is 14.8 Å². The van der Waals surface area contributed by atoms with Crippen molar-refractivity contribution in [2.75, 3.05) is 32.7 Å². The van der Waals surface area contributed by atoms with Gasteiger partial charge in [0.05, 0.1) is 19.3 Å². The average molecular weight is 319 g/mol. The zero-order chi connectivity index (χ0) is 16.7. The second-order valence-electron chi connectivity index (χ2n) is 6.72.